The first-order valence-electron chi connectivity index (χ1n) is 6.31. The van der Waals surface area contributed by atoms with Crippen molar-refractivity contribution in [2.75, 3.05) is 7.11 Å². The van der Waals surface area contributed by atoms with Crippen molar-refractivity contribution < 1.29 is 14.6 Å². The number of methoxy groups -OCH3 is 1. The number of aromatic hydroxyl groups is 1. The van der Waals surface area contributed by atoms with Crippen molar-refractivity contribution in [3.05, 3.63) is 59.2 Å². The number of aryl methyl sites for hydroxylation is 1. The molecule has 0 atom stereocenters. The number of ether oxygens (including phenoxy) is 1. The van der Waals surface area contributed by atoms with E-state index in [1.165, 1.54) is 6.07 Å². The number of hydrogen-bond acceptors (Lipinski definition) is 3. The number of benzene rings is 2. The van der Waals surface area contributed by atoms with E-state index in [0.29, 0.717) is 12.1 Å². The summed E-state index contributed by atoms with van der Waals surface area (Å²) in [6.45, 7) is 2.21. The molecule has 2 rings (SSSR count). The van der Waals surface area contributed by atoms with Crippen molar-refractivity contribution in [2.24, 2.45) is 0 Å². The van der Waals surface area contributed by atoms with E-state index >= 15 is 0 Å². The van der Waals surface area contributed by atoms with Gasteiger partial charge in [0, 0.05) is 12.1 Å². The molecule has 0 unspecified atom stereocenters. The third-order valence-electron chi connectivity index (χ3n) is 3.08. The van der Waals surface area contributed by atoms with Crippen LogP contribution in [0.15, 0.2) is 42.5 Å². The van der Waals surface area contributed by atoms with Crippen molar-refractivity contribution in [2.45, 2.75) is 13.5 Å². The summed E-state index contributed by atoms with van der Waals surface area (Å²) in [5, 5.41) is 12.4. The lowest BCUT2D eigenvalue weighted by Gasteiger charge is -2.07. The monoisotopic (exact) mass is 271 g/mol. The van der Waals surface area contributed by atoms with E-state index in [2.05, 4.69) is 5.32 Å². The van der Waals surface area contributed by atoms with Crippen molar-refractivity contribution >= 4 is 5.91 Å². The summed E-state index contributed by atoms with van der Waals surface area (Å²) < 4.78 is 5.07. The van der Waals surface area contributed by atoms with Crippen molar-refractivity contribution in [3.63, 3.8) is 0 Å². The molecule has 0 heterocycles. The van der Waals surface area contributed by atoms with Gasteiger partial charge < -0.3 is 15.2 Å². The van der Waals surface area contributed by atoms with E-state index in [9.17, 15) is 9.90 Å². The summed E-state index contributed by atoms with van der Waals surface area (Å²) in [5.74, 6) is 0.696. The molecule has 0 aromatic heterocycles. The number of hydrogen-bond donors (Lipinski definition) is 2. The Labute approximate surface area is 118 Å². The minimum atomic E-state index is -0.212. The second-order valence-electron chi connectivity index (χ2n) is 4.53. The second-order valence-corrected chi connectivity index (χ2v) is 4.53. The third-order valence-corrected chi connectivity index (χ3v) is 3.08. The highest BCUT2D eigenvalue weighted by molar-refractivity contribution is 5.94. The van der Waals surface area contributed by atoms with Crippen LogP contribution in [0, 0.1) is 6.92 Å². The molecule has 4 heteroatoms. The van der Waals surface area contributed by atoms with Gasteiger partial charge in [0.05, 0.1) is 7.11 Å². The van der Waals surface area contributed by atoms with Crippen LogP contribution in [0.5, 0.6) is 11.5 Å². The molecule has 0 fully saturated rings. The van der Waals surface area contributed by atoms with Gasteiger partial charge in [0.1, 0.15) is 11.5 Å². The molecule has 20 heavy (non-hydrogen) atoms. The molecule has 0 spiro atoms. The minimum absolute atomic E-state index is 0.127. The largest absolute Gasteiger partial charge is 0.508 e. The van der Waals surface area contributed by atoms with Gasteiger partial charge >= 0.3 is 0 Å². The van der Waals surface area contributed by atoms with Gasteiger partial charge in [-0.3, -0.25) is 4.79 Å². The first-order valence-corrected chi connectivity index (χ1v) is 6.31. The molecule has 0 radical (unpaired) electrons. The lowest BCUT2D eigenvalue weighted by molar-refractivity contribution is 0.0950. The predicted octanol–water partition coefficient (Wildman–Crippen LogP) is 2.64. The Morgan fingerprint density at radius 2 is 1.90 bits per heavy atom. The number of rotatable bonds is 4. The zero-order valence-electron chi connectivity index (χ0n) is 11.5. The first kappa shape index (κ1) is 13.9. The SMILES string of the molecule is COc1ccc(CNC(=O)c2ccc(C)c(O)c2)cc1. The molecule has 0 aliphatic heterocycles. The highest BCUT2D eigenvalue weighted by atomic mass is 16.5. The summed E-state index contributed by atoms with van der Waals surface area (Å²) in [7, 11) is 1.61. The Bertz CT molecular complexity index is 606. The lowest BCUT2D eigenvalue weighted by atomic mass is 10.1. The average Bonchev–Trinajstić information content (AvgIpc) is 2.48. The molecule has 0 saturated heterocycles. The molecule has 1 amide bonds. The Morgan fingerprint density at radius 3 is 2.50 bits per heavy atom. The standard InChI is InChI=1S/C16H17NO3/c1-11-3-6-13(9-15(11)18)16(19)17-10-12-4-7-14(20-2)8-5-12/h3-9,18H,10H2,1-2H3,(H,17,19). The first-order chi connectivity index (χ1) is 9.60. The van der Waals surface area contributed by atoms with Gasteiger partial charge in [-0.15, -0.1) is 0 Å². The number of amides is 1. The van der Waals surface area contributed by atoms with Gasteiger partial charge in [-0.2, -0.15) is 0 Å². The molecule has 2 aromatic rings. The Hall–Kier alpha value is -2.49. The lowest BCUT2D eigenvalue weighted by Crippen LogP contribution is -2.22. The number of carbonyl (C=O) groups excluding carboxylic acids is 1. The highest BCUT2D eigenvalue weighted by Gasteiger charge is 2.07. The molecule has 0 saturated carbocycles. The normalized spacial score (nSPS) is 10.1. The summed E-state index contributed by atoms with van der Waals surface area (Å²) in [6, 6.07) is 12.4. The van der Waals surface area contributed by atoms with Gasteiger partial charge in [0.2, 0.25) is 0 Å². The van der Waals surface area contributed by atoms with Crippen LogP contribution in [-0.2, 0) is 6.54 Å². The fourth-order valence-electron chi connectivity index (χ4n) is 1.78. The van der Waals surface area contributed by atoms with Crippen molar-refractivity contribution in [3.8, 4) is 11.5 Å². The second kappa shape index (κ2) is 6.10. The fraction of sp³-hybridized carbons (Fsp3) is 0.188. The Kier molecular flexibility index (Phi) is 4.25. The van der Waals surface area contributed by atoms with Crippen molar-refractivity contribution in [1.82, 2.24) is 5.32 Å². The number of phenols is 1. The summed E-state index contributed by atoms with van der Waals surface area (Å²) >= 11 is 0. The number of nitrogens with one attached hydrogen (secondary N) is 1. The molecular weight excluding hydrogens is 254 g/mol. The van der Waals surface area contributed by atoms with Crippen LogP contribution in [0.25, 0.3) is 0 Å². The maximum absolute atomic E-state index is 12.0. The van der Waals surface area contributed by atoms with E-state index in [0.717, 1.165) is 16.9 Å². The summed E-state index contributed by atoms with van der Waals surface area (Å²) in [4.78, 5) is 12.0. The van der Waals surface area contributed by atoms with Gasteiger partial charge in [-0.25, -0.2) is 0 Å². The van der Waals surface area contributed by atoms with Gasteiger partial charge in [-0.05, 0) is 42.3 Å². The average molecular weight is 271 g/mol. The maximum Gasteiger partial charge on any atom is 0.251 e. The molecule has 2 aromatic carbocycles. The van der Waals surface area contributed by atoms with Crippen LogP contribution < -0.4 is 10.1 Å². The molecule has 104 valence electrons. The van der Waals surface area contributed by atoms with Crippen molar-refractivity contribution in [1.29, 1.82) is 0 Å². The van der Waals surface area contributed by atoms with Crippen LogP contribution in [0.3, 0.4) is 0 Å². The molecule has 4 nitrogen and oxygen atoms in total. The van der Waals surface area contributed by atoms with Gasteiger partial charge in [-0.1, -0.05) is 18.2 Å². The molecule has 2 N–H and O–H groups in total. The Morgan fingerprint density at radius 1 is 1.20 bits per heavy atom. The van der Waals surface area contributed by atoms with E-state index in [-0.39, 0.29) is 11.7 Å². The van der Waals surface area contributed by atoms with Crippen LogP contribution >= 0.6 is 0 Å². The van der Waals surface area contributed by atoms with E-state index < -0.39 is 0 Å². The zero-order valence-corrected chi connectivity index (χ0v) is 11.5. The molecule has 0 aliphatic rings. The highest BCUT2D eigenvalue weighted by Crippen LogP contribution is 2.17. The van der Waals surface area contributed by atoms with E-state index in [4.69, 9.17) is 4.74 Å². The predicted molar refractivity (Wildman–Crippen MR) is 77.0 cm³/mol. The number of carbonyl (C=O) groups is 1. The third kappa shape index (κ3) is 3.29. The van der Waals surface area contributed by atoms with Gasteiger partial charge in [0.25, 0.3) is 5.91 Å². The topological polar surface area (TPSA) is 58.6 Å². The van der Waals surface area contributed by atoms with Crippen LogP contribution in [0.2, 0.25) is 0 Å². The Balaban J connectivity index is 1.98. The zero-order chi connectivity index (χ0) is 14.5. The summed E-state index contributed by atoms with van der Waals surface area (Å²) in [6.07, 6.45) is 0. The maximum atomic E-state index is 12.0. The smallest absolute Gasteiger partial charge is 0.251 e. The quantitative estimate of drug-likeness (QED) is 0.898. The molecule has 0 aliphatic carbocycles. The summed E-state index contributed by atoms with van der Waals surface area (Å²) in [5.41, 5.74) is 2.17. The molecule has 0 bridgehead atoms. The van der Waals surface area contributed by atoms with Crippen LogP contribution in [0.4, 0.5) is 0 Å². The van der Waals surface area contributed by atoms with E-state index in [1.54, 1.807) is 26.2 Å². The van der Waals surface area contributed by atoms with E-state index in [1.807, 2.05) is 24.3 Å². The molecular formula is C16H17NO3. The van der Waals surface area contributed by atoms with Crippen LogP contribution in [-0.4, -0.2) is 18.1 Å². The minimum Gasteiger partial charge on any atom is -0.508 e. The van der Waals surface area contributed by atoms with Crippen LogP contribution in [0.1, 0.15) is 21.5 Å². The van der Waals surface area contributed by atoms with Gasteiger partial charge in [0.15, 0.2) is 0 Å². The number of phenolic OH excluding ortho intramolecular Hbond substituents is 1. The fourth-order valence-corrected chi connectivity index (χ4v) is 1.78.